The molecule has 0 saturated heterocycles. The number of thiophene rings is 1. The highest BCUT2D eigenvalue weighted by Crippen LogP contribution is 2.43. The number of rotatable bonds is 5. The number of para-hydroxylation sites is 1. The average molecular weight is 512 g/mol. The second kappa shape index (κ2) is 9.76. The number of pyridine rings is 1. The molecule has 3 aromatic carbocycles. The minimum absolute atomic E-state index is 0.235. The van der Waals surface area contributed by atoms with Gasteiger partial charge in [0, 0.05) is 27.2 Å². The van der Waals surface area contributed by atoms with Gasteiger partial charge in [-0.25, -0.2) is 4.98 Å². The van der Waals surface area contributed by atoms with Crippen molar-refractivity contribution in [2.75, 3.05) is 11.1 Å². The molecule has 0 atom stereocenters. The number of nitrogens with zero attached hydrogens (tertiary/aromatic N) is 1. The maximum Gasteiger partial charge on any atom is 0.267 e. The SMILES string of the molecule is CCc1cccc(C)c1NC(=O)c1sc2nc(-c3ccc(C)cc3)cc(-c3ccccc3Cl)c2c1N. The van der Waals surface area contributed by atoms with E-state index in [1.54, 1.807) is 0 Å². The first-order valence-corrected chi connectivity index (χ1v) is 13.0. The number of nitrogens with two attached hydrogens (primary N) is 1. The van der Waals surface area contributed by atoms with E-state index in [0.717, 1.165) is 51.0 Å². The lowest BCUT2D eigenvalue weighted by molar-refractivity contribution is 0.103. The summed E-state index contributed by atoms with van der Waals surface area (Å²) in [7, 11) is 0. The molecule has 4 nitrogen and oxygen atoms in total. The fraction of sp³-hybridized carbons (Fsp3) is 0.133. The molecule has 180 valence electrons. The summed E-state index contributed by atoms with van der Waals surface area (Å²) in [4.78, 5) is 19.6. The number of nitrogens with one attached hydrogen (secondary N) is 1. The van der Waals surface area contributed by atoms with E-state index in [1.807, 2.05) is 55.5 Å². The van der Waals surface area contributed by atoms with E-state index >= 15 is 0 Å². The highest BCUT2D eigenvalue weighted by molar-refractivity contribution is 7.21. The highest BCUT2D eigenvalue weighted by atomic mass is 35.5. The Kier molecular flexibility index (Phi) is 6.52. The third-order valence-corrected chi connectivity index (χ3v) is 7.82. The van der Waals surface area contributed by atoms with E-state index in [4.69, 9.17) is 22.3 Å². The molecule has 5 rings (SSSR count). The van der Waals surface area contributed by atoms with Gasteiger partial charge >= 0.3 is 0 Å². The minimum Gasteiger partial charge on any atom is -0.397 e. The molecule has 0 saturated carbocycles. The minimum atomic E-state index is -0.235. The zero-order chi connectivity index (χ0) is 25.4. The number of nitrogen functional groups attached to an aromatic ring is 1. The van der Waals surface area contributed by atoms with Crippen LogP contribution in [0.4, 0.5) is 11.4 Å². The maximum absolute atomic E-state index is 13.5. The Morgan fingerprint density at radius 1 is 1.00 bits per heavy atom. The first-order chi connectivity index (χ1) is 17.4. The van der Waals surface area contributed by atoms with Crippen molar-refractivity contribution in [3.63, 3.8) is 0 Å². The van der Waals surface area contributed by atoms with Crippen molar-refractivity contribution in [3.05, 3.63) is 99.4 Å². The van der Waals surface area contributed by atoms with Crippen LogP contribution in [0, 0.1) is 13.8 Å². The summed E-state index contributed by atoms with van der Waals surface area (Å²) >= 11 is 7.93. The number of fused-ring (bicyclic) bond motifs is 1. The van der Waals surface area contributed by atoms with Crippen LogP contribution in [-0.4, -0.2) is 10.9 Å². The summed E-state index contributed by atoms with van der Waals surface area (Å²) in [5, 5.41) is 4.47. The number of benzene rings is 3. The van der Waals surface area contributed by atoms with Crippen molar-refractivity contribution in [1.29, 1.82) is 0 Å². The second-order valence-electron chi connectivity index (χ2n) is 8.84. The molecule has 36 heavy (non-hydrogen) atoms. The molecule has 0 radical (unpaired) electrons. The van der Waals surface area contributed by atoms with Gasteiger partial charge in [-0.1, -0.05) is 84.8 Å². The summed E-state index contributed by atoms with van der Waals surface area (Å²) in [5.74, 6) is -0.235. The third kappa shape index (κ3) is 4.36. The number of carbonyl (C=O) groups is 1. The standard InChI is InChI=1S/C30H26ClN3OS/c1-4-19-9-7-8-18(3)27(19)34-29(35)28-26(32)25-22(21-10-5-6-11-23(21)31)16-24(33-30(25)36-28)20-14-12-17(2)13-15-20/h5-16H,4,32H2,1-3H3,(H,34,35). The third-order valence-electron chi connectivity index (χ3n) is 6.40. The van der Waals surface area contributed by atoms with E-state index < -0.39 is 0 Å². The van der Waals surface area contributed by atoms with Gasteiger partial charge in [0.25, 0.3) is 5.91 Å². The van der Waals surface area contributed by atoms with Crippen LogP contribution >= 0.6 is 22.9 Å². The number of hydrogen-bond acceptors (Lipinski definition) is 4. The van der Waals surface area contributed by atoms with Crippen LogP contribution in [0.3, 0.4) is 0 Å². The zero-order valence-corrected chi connectivity index (χ0v) is 21.9. The smallest absolute Gasteiger partial charge is 0.267 e. The van der Waals surface area contributed by atoms with Gasteiger partial charge in [-0.2, -0.15) is 0 Å². The van der Waals surface area contributed by atoms with Crippen LogP contribution in [0.2, 0.25) is 5.02 Å². The zero-order valence-electron chi connectivity index (χ0n) is 20.4. The van der Waals surface area contributed by atoms with Crippen LogP contribution < -0.4 is 11.1 Å². The predicted octanol–water partition coefficient (Wildman–Crippen LogP) is 8.30. The summed E-state index contributed by atoms with van der Waals surface area (Å²) < 4.78 is 0. The van der Waals surface area contributed by atoms with Gasteiger partial charge in [0.1, 0.15) is 9.71 Å². The van der Waals surface area contributed by atoms with Crippen molar-refractivity contribution in [1.82, 2.24) is 4.98 Å². The van der Waals surface area contributed by atoms with Gasteiger partial charge in [-0.05, 0) is 49.1 Å². The molecule has 6 heteroatoms. The molecule has 0 aliphatic rings. The largest absolute Gasteiger partial charge is 0.397 e. The molecule has 0 spiro atoms. The lowest BCUT2D eigenvalue weighted by Crippen LogP contribution is -2.14. The molecule has 0 aliphatic carbocycles. The first kappa shape index (κ1) is 24.0. The number of carbonyl (C=O) groups excluding carboxylic acids is 1. The van der Waals surface area contributed by atoms with Crippen LogP contribution in [-0.2, 0) is 6.42 Å². The van der Waals surface area contributed by atoms with E-state index in [-0.39, 0.29) is 5.91 Å². The van der Waals surface area contributed by atoms with Crippen LogP contribution in [0.25, 0.3) is 32.6 Å². The van der Waals surface area contributed by atoms with Gasteiger partial charge in [-0.3, -0.25) is 4.79 Å². The van der Waals surface area contributed by atoms with Gasteiger partial charge in [0.2, 0.25) is 0 Å². The van der Waals surface area contributed by atoms with E-state index in [9.17, 15) is 4.79 Å². The molecule has 0 unspecified atom stereocenters. The van der Waals surface area contributed by atoms with E-state index in [1.165, 1.54) is 16.9 Å². The first-order valence-electron chi connectivity index (χ1n) is 11.8. The van der Waals surface area contributed by atoms with Crippen molar-refractivity contribution in [3.8, 4) is 22.4 Å². The number of aromatic nitrogens is 1. The molecule has 1 amide bonds. The predicted molar refractivity (Wildman–Crippen MR) is 153 cm³/mol. The number of amides is 1. The monoisotopic (exact) mass is 511 g/mol. The summed E-state index contributed by atoms with van der Waals surface area (Å²) in [5.41, 5.74) is 14.7. The van der Waals surface area contributed by atoms with Gasteiger partial charge in [0.05, 0.1) is 11.4 Å². The Hall–Kier alpha value is -3.67. The Labute approximate surface area is 219 Å². The molecular weight excluding hydrogens is 486 g/mol. The fourth-order valence-electron chi connectivity index (χ4n) is 4.43. The van der Waals surface area contributed by atoms with Crippen LogP contribution in [0.5, 0.6) is 0 Å². The molecule has 2 heterocycles. The van der Waals surface area contributed by atoms with Crippen molar-refractivity contribution in [2.45, 2.75) is 27.2 Å². The van der Waals surface area contributed by atoms with E-state index in [0.29, 0.717) is 20.4 Å². The Bertz CT molecular complexity index is 1610. The summed E-state index contributed by atoms with van der Waals surface area (Å²) in [6.45, 7) is 6.12. The van der Waals surface area contributed by atoms with Crippen LogP contribution in [0.1, 0.15) is 33.3 Å². The quantitative estimate of drug-likeness (QED) is 0.249. The molecule has 3 N–H and O–H groups in total. The topological polar surface area (TPSA) is 68.0 Å². The Morgan fingerprint density at radius 3 is 2.47 bits per heavy atom. The molecule has 2 aromatic heterocycles. The number of halogens is 1. The fourth-order valence-corrected chi connectivity index (χ4v) is 5.68. The van der Waals surface area contributed by atoms with Crippen molar-refractivity contribution in [2.24, 2.45) is 0 Å². The molecule has 0 fully saturated rings. The van der Waals surface area contributed by atoms with Gasteiger partial charge in [-0.15, -0.1) is 11.3 Å². The molecule has 0 bridgehead atoms. The number of anilines is 2. The van der Waals surface area contributed by atoms with Crippen molar-refractivity contribution < 1.29 is 4.79 Å². The summed E-state index contributed by atoms with van der Waals surface area (Å²) in [6, 6.07) is 23.9. The highest BCUT2D eigenvalue weighted by Gasteiger charge is 2.23. The molecule has 0 aliphatic heterocycles. The van der Waals surface area contributed by atoms with E-state index in [2.05, 4.69) is 43.4 Å². The Morgan fingerprint density at radius 2 is 1.75 bits per heavy atom. The number of aryl methyl sites for hydroxylation is 3. The lowest BCUT2D eigenvalue weighted by atomic mass is 9.99. The summed E-state index contributed by atoms with van der Waals surface area (Å²) in [6.07, 6.45) is 0.817. The average Bonchev–Trinajstić information content (AvgIpc) is 3.22. The normalized spacial score (nSPS) is 11.1. The lowest BCUT2D eigenvalue weighted by Gasteiger charge is -2.13. The Balaban J connectivity index is 1.69. The van der Waals surface area contributed by atoms with Crippen molar-refractivity contribution >= 4 is 50.4 Å². The maximum atomic E-state index is 13.5. The van der Waals surface area contributed by atoms with Gasteiger partial charge < -0.3 is 11.1 Å². The number of hydrogen-bond donors (Lipinski definition) is 2. The van der Waals surface area contributed by atoms with Crippen LogP contribution in [0.15, 0.2) is 72.8 Å². The molecular formula is C30H26ClN3OS. The molecule has 5 aromatic rings. The van der Waals surface area contributed by atoms with Gasteiger partial charge in [0.15, 0.2) is 0 Å². The second-order valence-corrected chi connectivity index (χ2v) is 10.2.